The maximum absolute atomic E-state index is 14.0. The van der Waals surface area contributed by atoms with Crippen molar-refractivity contribution in [2.45, 2.75) is 39.2 Å². The van der Waals surface area contributed by atoms with E-state index in [1.807, 2.05) is 99.6 Å². The number of benzene rings is 4. The number of nitrogens with one attached hydrogen (secondary N) is 1. The van der Waals surface area contributed by atoms with Crippen LogP contribution in [-0.2, 0) is 4.79 Å². The van der Waals surface area contributed by atoms with Crippen LogP contribution in [0.15, 0.2) is 103 Å². The predicted octanol–water partition coefficient (Wildman–Crippen LogP) is 6.87. The average molecular weight is 549 g/mol. The smallest absolute Gasteiger partial charge is 0.305 e. The number of amides is 2. The standard InChI is InChI=1S/C35H36N2O4/c1-24-17-19-28(20-18-24)26(3)36-34(40)31-15-9-7-13-29(31)30-14-8-10-16-32(30)35(41)37(22-21-33(38)39)23-25(2)27-11-5-4-6-12-27/h4-20,25-26H,21-23H2,1-3H3,(H,36,40)(H,38,39)/t25?,26-/m1/s1. The number of nitrogens with zero attached hydrogens (tertiary/aromatic N) is 1. The van der Waals surface area contributed by atoms with Gasteiger partial charge in [0.15, 0.2) is 0 Å². The highest BCUT2D eigenvalue weighted by Crippen LogP contribution is 2.29. The summed E-state index contributed by atoms with van der Waals surface area (Å²) in [5.74, 6) is -1.47. The highest BCUT2D eigenvalue weighted by Gasteiger charge is 2.24. The van der Waals surface area contributed by atoms with Crippen molar-refractivity contribution in [3.05, 3.63) is 131 Å². The van der Waals surface area contributed by atoms with Crippen molar-refractivity contribution in [3.8, 4) is 11.1 Å². The molecule has 0 saturated heterocycles. The van der Waals surface area contributed by atoms with Crippen molar-refractivity contribution in [1.82, 2.24) is 10.2 Å². The van der Waals surface area contributed by atoms with E-state index in [0.717, 1.165) is 16.7 Å². The van der Waals surface area contributed by atoms with Crippen LogP contribution >= 0.6 is 0 Å². The van der Waals surface area contributed by atoms with Gasteiger partial charge in [-0.3, -0.25) is 14.4 Å². The van der Waals surface area contributed by atoms with Gasteiger partial charge in [0, 0.05) is 24.2 Å². The molecule has 0 saturated carbocycles. The minimum Gasteiger partial charge on any atom is -0.481 e. The summed E-state index contributed by atoms with van der Waals surface area (Å²) in [4.78, 5) is 40.6. The van der Waals surface area contributed by atoms with Crippen molar-refractivity contribution >= 4 is 17.8 Å². The molecule has 2 atom stereocenters. The first-order chi connectivity index (χ1) is 19.7. The first kappa shape index (κ1) is 29.3. The largest absolute Gasteiger partial charge is 0.481 e. The van der Waals surface area contributed by atoms with Gasteiger partial charge in [-0.25, -0.2) is 0 Å². The molecule has 6 heteroatoms. The molecule has 0 fully saturated rings. The third-order valence-corrected chi connectivity index (χ3v) is 7.29. The third kappa shape index (κ3) is 7.48. The molecule has 210 valence electrons. The Bertz CT molecular complexity index is 1500. The zero-order valence-corrected chi connectivity index (χ0v) is 23.7. The van der Waals surface area contributed by atoms with E-state index in [1.165, 1.54) is 0 Å². The van der Waals surface area contributed by atoms with Gasteiger partial charge in [0.05, 0.1) is 12.5 Å². The first-order valence-electron chi connectivity index (χ1n) is 13.9. The lowest BCUT2D eigenvalue weighted by Crippen LogP contribution is -2.36. The fourth-order valence-corrected chi connectivity index (χ4v) is 4.93. The lowest BCUT2D eigenvalue weighted by molar-refractivity contribution is -0.137. The number of carboxylic acid groups (broad SMARTS) is 1. The Morgan fingerprint density at radius 1 is 0.732 bits per heavy atom. The quantitative estimate of drug-likeness (QED) is 0.214. The Hall–Kier alpha value is -4.71. The molecule has 0 aliphatic carbocycles. The van der Waals surface area contributed by atoms with E-state index in [-0.39, 0.29) is 36.7 Å². The zero-order chi connectivity index (χ0) is 29.4. The number of carbonyl (C=O) groups is 3. The minimum absolute atomic E-state index is 0.00225. The molecule has 1 unspecified atom stereocenters. The molecule has 0 radical (unpaired) electrons. The van der Waals surface area contributed by atoms with Crippen LogP contribution in [0.4, 0.5) is 0 Å². The number of carboxylic acids is 1. The molecule has 0 aliphatic heterocycles. The Morgan fingerprint density at radius 3 is 1.93 bits per heavy atom. The summed E-state index contributed by atoms with van der Waals surface area (Å²) in [6.45, 7) is 6.43. The second-order valence-electron chi connectivity index (χ2n) is 10.4. The van der Waals surface area contributed by atoms with Crippen molar-refractivity contribution in [2.24, 2.45) is 0 Å². The highest BCUT2D eigenvalue weighted by molar-refractivity contribution is 6.06. The van der Waals surface area contributed by atoms with Crippen LogP contribution in [0.3, 0.4) is 0 Å². The normalized spacial score (nSPS) is 12.3. The molecule has 4 rings (SSSR count). The Balaban J connectivity index is 1.64. The van der Waals surface area contributed by atoms with E-state index in [2.05, 4.69) is 5.32 Å². The topological polar surface area (TPSA) is 86.7 Å². The van der Waals surface area contributed by atoms with E-state index in [1.54, 1.807) is 29.2 Å². The molecule has 4 aromatic carbocycles. The van der Waals surface area contributed by atoms with Crippen molar-refractivity contribution in [1.29, 1.82) is 0 Å². The van der Waals surface area contributed by atoms with Gasteiger partial charge in [-0.2, -0.15) is 0 Å². The van der Waals surface area contributed by atoms with Gasteiger partial charge < -0.3 is 15.3 Å². The van der Waals surface area contributed by atoms with Crippen LogP contribution in [-0.4, -0.2) is 40.9 Å². The molecule has 0 aliphatic rings. The van der Waals surface area contributed by atoms with Crippen LogP contribution in [0.5, 0.6) is 0 Å². The maximum Gasteiger partial charge on any atom is 0.305 e. The second kappa shape index (κ2) is 13.6. The van der Waals surface area contributed by atoms with Crippen molar-refractivity contribution in [3.63, 3.8) is 0 Å². The van der Waals surface area contributed by atoms with Crippen molar-refractivity contribution in [2.75, 3.05) is 13.1 Å². The Labute approximate surface area is 241 Å². The number of hydrogen-bond donors (Lipinski definition) is 2. The Morgan fingerprint density at radius 2 is 1.29 bits per heavy atom. The molecule has 4 aromatic rings. The van der Waals surface area contributed by atoms with E-state index in [9.17, 15) is 19.5 Å². The number of aryl methyl sites for hydroxylation is 1. The molecular formula is C35H36N2O4. The summed E-state index contributed by atoms with van der Waals surface area (Å²) in [5.41, 5.74) is 5.36. The molecule has 2 N–H and O–H groups in total. The average Bonchev–Trinajstić information content (AvgIpc) is 2.99. The summed E-state index contributed by atoms with van der Waals surface area (Å²) >= 11 is 0. The Kier molecular flexibility index (Phi) is 9.69. The lowest BCUT2D eigenvalue weighted by Gasteiger charge is -2.27. The number of hydrogen-bond acceptors (Lipinski definition) is 3. The predicted molar refractivity (Wildman–Crippen MR) is 162 cm³/mol. The van der Waals surface area contributed by atoms with E-state index in [4.69, 9.17) is 0 Å². The van der Waals surface area contributed by atoms with Gasteiger partial charge in [-0.1, -0.05) is 103 Å². The molecule has 0 aromatic heterocycles. The minimum atomic E-state index is -0.965. The number of rotatable bonds is 11. The van der Waals surface area contributed by atoms with Gasteiger partial charge >= 0.3 is 5.97 Å². The molecule has 2 amide bonds. The van der Waals surface area contributed by atoms with Crippen LogP contribution in [0.2, 0.25) is 0 Å². The number of aliphatic carboxylic acids is 1. The van der Waals surface area contributed by atoms with Gasteiger partial charge in [0.2, 0.25) is 0 Å². The van der Waals surface area contributed by atoms with Gasteiger partial charge in [0.1, 0.15) is 0 Å². The summed E-state index contributed by atoms with van der Waals surface area (Å²) in [5, 5.41) is 12.5. The number of carbonyl (C=O) groups excluding carboxylic acids is 2. The maximum atomic E-state index is 14.0. The third-order valence-electron chi connectivity index (χ3n) is 7.29. The fraction of sp³-hybridized carbons (Fsp3) is 0.229. The van der Waals surface area contributed by atoms with Gasteiger partial charge in [-0.15, -0.1) is 0 Å². The summed E-state index contributed by atoms with van der Waals surface area (Å²) in [6.07, 6.45) is -0.161. The van der Waals surface area contributed by atoms with E-state index in [0.29, 0.717) is 28.8 Å². The molecule has 0 bridgehead atoms. The fourth-order valence-electron chi connectivity index (χ4n) is 4.93. The van der Waals surface area contributed by atoms with Crippen LogP contribution in [0.1, 0.15) is 69.6 Å². The zero-order valence-electron chi connectivity index (χ0n) is 23.7. The molecular weight excluding hydrogens is 512 g/mol. The lowest BCUT2D eigenvalue weighted by atomic mass is 9.93. The molecule has 0 heterocycles. The molecule has 41 heavy (non-hydrogen) atoms. The van der Waals surface area contributed by atoms with Crippen molar-refractivity contribution < 1.29 is 19.5 Å². The van der Waals surface area contributed by atoms with Gasteiger partial charge in [-0.05, 0) is 54.2 Å². The molecule has 0 spiro atoms. The van der Waals surface area contributed by atoms with Gasteiger partial charge in [0.25, 0.3) is 11.8 Å². The van der Waals surface area contributed by atoms with E-state index < -0.39 is 5.97 Å². The SMILES string of the molecule is Cc1ccc([C@@H](C)NC(=O)c2ccccc2-c2ccccc2C(=O)N(CCC(=O)O)CC(C)c2ccccc2)cc1. The summed E-state index contributed by atoms with van der Waals surface area (Å²) in [6, 6.07) is 32.1. The second-order valence-corrected chi connectivity index (χ2v) is 10.4. The van der Waals surface area contributed by atoms with E-state index >= 15 is 0 Å². The summed E-state index contributed by atoms with van der Waals surface area (Å²) in [7, 11) is 0. The van der Waals surface area contributed by atoms with Crippen LogP contribution < -0.4 is 5.32 Å². The van der Waals surface area contributed by atoms with Crippen LogP contribution in [0.25, 0.3) is 11.1 Å². The highest BCUT2D eigenvalue weighted by atomic mass is 16.4. The monoisotopic (exact) mass is 548 g/mol. The summed E-state index contributed by atoms with van der Waals surface area (Å²) < 4.78 is 0. The first-order valence-corrected chi connectivity index (χ1v) is 13.9. The molecule has 6 nitrogen and oxygen atoms in total. The van der Waals surface area contributed by atoms with Crippen LogP contribution in [0, 0.1) is 6.92 Å².